The summed E-state index contributed by atoms with van der Waals surface area (Å²) in [6.45, 7) is 0.857. The van der Waals surface area contributed by atoms with E-state index < -0.39 is 0 Å². The highest BCUT2D eigenvalue weighted by Crippen LogP contribution is 2.43. The van der Waals surface area contributed by atoms with Crippen LogP contribution in [-0.2, 0) is 5.41 Å². The van der Waals surface area contributed by atoms with Gasteiger partial charge in [-0.15, -0.1) is 0 Å². The second kappa shape index (κ2) is 19.7. The summed E-state index contributed by atoms with van der Waals surface area (Å²) >= 11 is 0. The molecule has 3 aromatic carbocycles. The third kappa shape index (κ3) is 10.4. The minimum absolute atomic E-state index is 0. The van der Waals surface area contributed by atoms with Crippen LogP contribution in [0.25, 0.3) is 0 Å². The van der Waals surface area contributed by atoms with Gasteiger partial charge in [-0.1, -0.05) is 181 Å². The molecule has 0 bridgehead atoms. The fraction of sp³-hybridized carbons (Fsp3) is 0.500. The van der Waals surface area contributed by atoms with Crippen molar-refractivity contribution in [2.24, 2.45) is 5.73 Å². The Balaban J connectivity index is 0.00000507. The molecule has 2 N–H and O–H groups in total. The lowest BCUT2D eigenvalue weighted by atomic mass is 9.66. The van der Waals surface area contributed by atoms with Gasteiger partial charge in [-0.25, -0.2) is 0 Å². The molecule has 0 heterocycles. The second-order valence-corrected chi connectivity index (χ2v) is 10.8. The molecule has 3 aromatic rings. The van der Waals surface area contributed by atoms with Gasteiger partial charge in [-0.2, -0.15) is 0 Å². The first kappa shape index (κ1) is 31.9. The minimum atomic E-state index is -0.0891. The van der Waals surface area contributed by atoms with Crippen LogP contribution in [0.5, 0.6) is 0 Å². The standard InChI is InChI=1S/C36H51N.B/c37-32-24-13-11-9-7-5-3-1-2-4-6-8-10-12-23-31-36(33-25-17-14-18-26-33,34-27-19-15-20-28-34)35-29-21-16-22-30-35;/h14-22,25-30H,1-13,23-24,31-32,37H2;. The number of hydrogen-bond donors (Lipinski definition) is 1. The minimum Gasteiger partial charge on any atom is -0.330 e. The molecule has 2 heteroatoms. The van der Waals surface area contributed by atoms with Crippen LogP contribution in [0.1, 0.15) is 119 Å². The van der Waals surface area contributed by atoms with Gasteiger partial charge in [-0.05, 0) is 36.1 Å². The van der Waals surface area contributed by atoms with E-state index in [1.165, 1.54) is 113 Å². The van der Waals surface area contributed by atoms with Crippen LogP contribution in [0, 0.1) is 0 Å². The normalized spacial score (nSPS) is 11.3. The molecule has 0 unspecified atom stereocenters. The topological polar surface area (TPSA) is 26.0 Å². The maximum Gasteiger partial charge on any atom is 0.0451 e. The molecule has 0 aliphatic carbocycles. The van der Waals surface area contributed by atoms with E-state index in [0.29, 0.717) is 0 Å². The van der Waals surface area contributed by atoms with Crippen molar-refractivity contribution in [1.82, 2.24) is 0 Å². The molecule has 1 nitrogen and oxygen atoms in total. The summed E-state index contributed by atoms with van der Waals surface area (Å²) in [5, 5.41) is 0. The van der Waals surface area contributed by atoms with Crippen LogP contribution in [0.4, 0.5) is 0 Å². The summed E-state index contributed by atoms with van der Waals surface area (Å²) in [6.07, 6.45) is 21.7. The molecule has 0 atom stereocenters. The molecule has 0 spiro atoms. The van der Waals surface area contributed by atoms with E-state index in [4.69, 9.17) is 5.73 Å². The summed E-state index contributed by atoms with van der Waals surface area (Å²) < 4.78 is 0. The average molecular weight is 509 g/mol. The van der Waals surface area contributed by atoms with E-state index in [2.05, 4.69) is 91.0 Å². The van der Waals surface area contributed by atoms with Crippen molar-refractivity contribution < 1.29 is 0 Å². The molecule has 203 valence electrons. The van der Waals surface area contributed by atoms with Crippen molar-refractivity contribution in [3.05, 3.63) is 108 Å². The van der Waals surface area contributed by atoms with Gasteiger partial charge >= 0.3 is 0 Å². The zero-order valence-electron chi connectivity index (χ0n) is 23.8. The van der Waals surface area contributed by atoms with Crippen LogP contribution >= 0.6 is 0 Å². The lowest BCUT2D eigenvalue weighted by Crippen LogP contribution is -2.29. The van der Waals surface area contributed by atoms with Gasteiger partial charge in [0.1, 0.15) is 0 Å². The summed E-state index contributed by atoms with van der Waals surface area (Å²) in [6, 6.07) is 33.5. The van der Waals surface area contributed by atoms with Crippen LogP contribution in [0.2, 0.25) is 0 Å². The number of nitrogens with two attached hydrogens (primary N) is 1. The van der Waals surface area contributed by atoms with E-state index >= 15 is 0 Å². The molecule has 38 heavy (non-hydrogen) atoms. The Morgan fingerprint density at radius 3 is 0.921 bits per heavy atom. The predicted molar refractivity (Wildman–Crippen MR) is 168 cm³/mol. The van der Waals surface area contributed by atoms with E-state index in [-0.39, 0.29) is 13.8 Å². The zero-order chi connectivity index (χ0) is 25.9. The number of unbranched alkanes of at least 4 members (excludes halogenated alkanes) is 14. The summed E-state index contributed by atoms with van der Waals surface area (Å²) in [7, 11) is 0. The fourth-order valence-corrected chi connectivity index (χ4v) is 5.93. The van der Waals surface area contributed by atoms with E-state index in [0.717, 1.165) is 13.0 Å². The monoisotopic (exact) mass is 508 g/mol. The zero-order valence-corrected chi connectivity index (χ0v) is 23.8. The van der Waals surface area contributed by atoms with Gasteiger partial charge in [0.15, 0.2) is 0 Å². The first-order valence-corrected chi connectivity index (χ1v) is 15.2. The number of rotatable bonds is 20. The summed E-state index contributed by atoms with van der Waals surface area (Å²) in [5.74, 6) is 0. The van der Waals surface area contributed by atoms with E-state index in [1.54, 1.807) is 0 Å². The van der Waals surface area contributed by atoms with Gasteiger partial charge < -0.3 is 5.73 Å². The third-order valence-electron chi connectivity index (χ3n) is 8.06. The van der Waals surface area contributed by atoms with Crippen molar-refractivity contribution in [3.63, 3.8) is 0 Å². The smallest absolute Gasteiger partial charge is 0.0451 e. The van der Waals surface area contributed by atoms with Gasteiger partial charge in [0.2, 0.25) is 0 Å². The summed E-state index contributed by atoms with van der Waals surface area (Å²) in [5.41, 5.74) is 9.69. The Morgan fingerprint density at radius 2 is 0.632 bits per heavy atom. The highest BCUT2D eigenvalue weighted by molar-refractivity contribution is 5.75. The van der Waals surface area contributed by atoms with Crippen LogP contribution in [0.15, 0.2) is 91.0 Å². The molecule has 3 radical (unpaired) electrons. The Kier molecular flexibility index (Phi) is 16.5. The maximum absolute atomic E-state index is 5.57. The Labute approximate surface area is 236 Å². The fourth-order valence-electron chi connectivity index (χ4n) is 5.93. The van der Waals surface area contributed by atoms with Crippen molar-refractivity contribution in [2.45, 2.75) is 108 Å². The van der Waals surface area contributed by atoms with Crippen LogP contribution in [-0.4, -0.2) is 15.0 Å². The van der Waals surface area contributed by atoms with Crippen molar-refractivity contribution >= 4 is 8.41 Å². The maximum atomic E-state index is 5.57. The molecule has 0 saturated carbocycles. The SMILES string of the molecule is NCCCCCCCCCCCCCCCCCC(c1ccccc1)(c1ccccc1)c1ccccc1.[B]. The average Bonchev–Trinajstić information content (AvgIpc) is 2.96. The van der Waals surface area contributed by atoms with Crippen molar-refractivity contribution in [1.29, 1.82) is 0 Å². The molecule has 3 rings (SSSR count). The Morgan fingerprint density at radius 1 is 0.368 bits per heavy atom. The predicted octanol–water partition coefficient (Wildman–Crippen LogP) is 9.84. The molecule has 0 amide bonds. The molecule has 0 saturated heterocycles. The van der Waals surface area contributed by atoms with Gasteiger partial charge in [0.05, 0.1) is 0 Å². The summed E-state index contributed by atoms with van der Waals surface area (Å²) in [4.78, 5) is 0. The third-order valence-corrected chi connectivity index (χ3v) is 8.06. The van der Waals surface area contributed by atoms with Crippen molar-refractivity contribution in [3.8, 4) is 0 Å². The molecule has 0 aliphatic heterocycles. The molecule has 0 aliphatic rings. The Bertz CT molecular complexity index is 829. The lowest BCUT2D eigenvalue weighted by Gasteiger charge is -2.36. The van der Waals surface area contributed by atoms with Crippen LogP contribution in [0.3, 0.4) is 0 Å². The molecular formula is C36H51BN. The number of benzene rings is 3. The molecule has 0 aromatic heterocycles. The highest BCUT2D eigenvalue weighted by atomic mass is 14.5. The first-order valence-electron chi connectivity index (χ1n) is 15.2. The largest absolute Gasteiger partial charge is 0.330 e. The first-order chi connectivity index (χ1) is 18.4. The van der Waals surface area contributed by atoms with E-state index in [1.807, 2.05) is 0 Å². The van der Waals surface area contributed by atoms with Crippen molar-refractivity contribution in [2.75, 3.05) is 6.54 Å². The lowest BCUT2D eigenvalue weighted by molar-refractivity contribution is 0.491. The van der Waals surface area contributed by atoms with Gasteiger partial charge in [0.25, 0.3) is 0 Å². The van der Waals surface area contributed by atoms with Gasteiger partial charge in [0, 0.05) is 13.8 Å². The van der Waals surface area contributed by atoms with Crippen LogP contribution < -0.4 is 5.73 Å². The second-order valence-electron chi connectivity index (χ2n) is 10.8. The van der Waals surface area contributed by atoms with E-state index in [9.17, 15) is 0 Å². The molecular weight excluding hydrogens is 457 g/mol. The van der Waals surface area contributed by atoms with Gasteiger partial charge in [-0.3, -0.25) is 0 Å². The number of hydrogen-bond acceptors (Lipinski definition) is 1. The quantitative estimate of drug-likeness (QED) is 0.0917. The molecule has 0 fully saturated rings. The highest BCUT2D eigenvalue weighted by Gasteiger charge is 2.35. The Hall–Kier alpha value is -2.32.